The highest BCUT2D eigenvalue weighted by Gasteiger charge is 2.12. The second-order valence-corrected chi connectivity index (χ2v) is 6.28. The second-order valence-electron chi connectivity index (χ2n) is 6.28. The molecule has 0 aliphatic carbocycles. The van der Waals surface area contributed by atoms with Crippen LogP contribution in [0.5, 0.6) is 0 Å². The van der Waals surface area contributed by atoms with Crippen LogP contribution < -0.4 is 5.32 Å². The lowest BCUT2D eigenvalue weighted by molar-refractivity contribution is 0.348. The highest BCUT2D eigenvalue weighted by atomic mass is 14.9. The van der Waals surface area contributed by atoms with E-state index in [2.05, 4.69) is 63.3 Å². The van der Waals surface area contributed by atoms with Crippen molar-refractivity contribution in [2.24, 2.45) is 5.92 Å². The highest BCUT2D eigenvalue weighted by Crippen LogP contribution is 2.14. The van der Waals surface area contributed by atoms with Crippen molar-refractivity contribution >= 4 is 0 Å². The fraction of sp³-hybridized carbons (Fsp3) is 0.647. The molecule has 0 aliphatic heterocycles. The molecule has 0 bridgehead atoms. The predicted octanol–water partition coefficient (Wildman–Crippen LogP) is 4.42. The molecular formula is C17H29N. The summed E-state index contributed by atoms with van der Waals surface area (Å²) in [7, 11) is 0. The molecule has 0 radical (unpaired) electrons. The normalized spacial score (nSPS) is 13.6. The monoisotopic (exact) mass is 247 g/mol. The van der Waals surface area contributed by atoms with Crippen LogP contribution in [0.2, 0.25) is 0 Å². The number of hydrogen-bond donors (Lipinski definition) is 1. The zero-order valence-corrected chi connectivity index (χ0v) is 12.5. The molecule has 1 unspecified atom stereocenters. The van der Waals surface area contributed by atoms with Gasteiger partial charge >= 0.3 is 0 Å². The minimum absolute atomic E-state index is 0.243. The first-order chi connectivity index (χ1) is 8.51. The van der Waals surface area contributed by atoms with E-state index in [-0.39, 0.29) is 5.54 Å². The fourth-order valence-electron chi connectivity index (χ4n) is 2.14. The molecule has 18 heavy (non-hydrogen) atoms. The van der Waals surface area contributed by atoms with Gasteiger partial charge < -0.3 is 5.32 Å². The Kier molecular flexibility index (Phi) is 6.42. The van der Waals surface area contributed by atoms with Gasteiger partial charge in [-0.25, -0.2) is 0 Å². The van der Waals surface area contributed by atoms with Gasteiger partial charge in [-0.15, -0.1) is 0 Å². The summed E-state index contributed by atoms with van der Waals surface area (Å²) in [6.45, 7) is 10.2. The van der Waals surface area contributed by atoms with Crippen molar-refractivity contribution in [3.05, 3.63) is 35.9 Å². The maximum absolute atomic E-state index is 3.62. The van der Waals surface area contributed by atoms with E-state index < -0.39 is 0 Å². The fourth-order valence-corrected chi connectivity index (χ4v) is 2.14. The van der Waals surface area contributed by atoms with Crippen molar-refractivity contribution in [3.8, 4) is 0 Å². The summed E-state index contributed by atoms with van der Waals surface area (Å²) >= 11 is 0. The SMILES string of the molecule is CCC(CCCc1ccccc1)CNC(C)(C)C. The van der Waals surface area contributed by atoms with Crippen molar-refractivity contribution in [3.63, 3.8) is 0 Å². The quantitative estimate of drug-likeness (QED) is 0.752. The first kappa shape index (κ1) is 15.2. The van der Waals surface area contributed by atoms with Crippen molar-refractivity contribution in [2.45, 2.75) is 58.9 Å². The average molecular weight is 247 g/mol. The lowest BCUT2D eigenvalue weighted by Gasteiger charge is -2.24. The van der Waals surface area contributed by atoms with Gasteiger partial charge in [0.1, 0.15) is 0 Å². The van der Waals surface area contributed by atoms with Crippen LogP contribution in [0.1, 0.15) is 52.5 Å². The molecular weight excluding hydrogens is 218 g/mol. The average Bonchev–Trinajstić information content (AvgIpc) is 2.33. The van der Waals surface area contributed by atoms with Crippen molar-refractivity contribution in [2.75, 3.05) is 6.54 Å². The van der Waals surface area contributed by atoms with Gasteiger partial charge in [-0.2, -0.15) is 0 Å². The molecule has 1 atom stereocenters. The van der Waals surface area contributed by atoms with Gasteiger partial charge in [-0.3, -0.25) is 0 Å². The molecule has 1 rings (SSSR count). The molecule has 0 saturated heterocycles. The second kappa shape index (κ2) is 7.58. The van der Waals surface area contributed by atoms with Gasteiger partial charge in [0.25, 0.3) is 0 Å². The van der Waals surface area contributed by atoms with Crippen LogP contribution in [0.15, 0.2) is 30.3 Å². The molecule has 0 amide bonds. The topological polar surface area (TPSA) is 12.0 Å². The van der Waals surface area contributed by atoms with E-state index >= 15 is 0 Å². The van der Waals surface area contributed by atoms with Crippen LogP contribution in [0.3, 0.4) is 0 Å². The van der Waals surface area contributed by atoms with E-state index in [4.69, 9.17) is 0 Å². The Morgan fingerprint density at radius 3 is 2.33 bits per heavy atom. The van der Waals surface area contributed by atoms with Crippen LogP contribution in [-0.2, 0) is 6.42 Å². The Morgan fingerprint density at radius 2 is 1.78 bits per heavy atom. The Morgan fingerprint density at radius 1 is 1.11 bits per heavy atom. The van der Waals surface area contributed by atoms with E-state index in [9.17, 15) is 0 Å². The third-order valence-corrected chi connectivity index (χ3v) is 3.42. The minimum Gasteiger partial charge on any atom is -0.312 e. The molecule has 1 nitrogen and oxygen atoms in total. The van der Waals surface area contributed by atoms with Gasteiger partial charge in [-0.05, 0) is 58.1 Å². The van der Waals surface area contributed by atoms with Crippen molar-refractivity contribution < 1.29 is 0 Å². The molecule has 0 saturated carbocycles. The molecule has 0 aliphatic rings. The van der Waals surface area contributed by atoms with Gasteiger partial charge in [0.15, 0.2) is 0 Å². The Hall–Kier alpha value is -0.820. The summed E-state index contributed by atoms with van der Waals surface area (Å²) in [6.07, 6.45) is 5.12. The molecule has 0 fully saturated rings. The van der Waals surface area contributed by atoms with Crippen LogP contribution >= 0.6 is 0 Å². The van der Waals surface area contributed by atoms with E-state index in [1.54, 1.807) is 0 Å². The molecule has 0 spiro atoms. The maximum Gasteiger partial charge on any atom is 0.00966 e. The molecule has 1 aromatic rings. The van der Waals surface area contributed by atoms with Crippen molar-refractivity contribution in [1.82, 2.24) is 5.32 Å². The van der Waals surface area contributed by atoms with Gasteiger partial charge in [0.05, 0.1) is 0 Å². The Labute approximate surface area is 113 Å². The molecule has 1 heteroatoms. The smallest absolute Gasteiger partial charge is 0.00966 e. The molecule has 1 N–H and O–H groups in total. The lowest BCUT2D eigenvalue weighted by Crippen LogP contribution is -2.39. The van der Waals surface area contributed by atoms with E-state index in [1.807, 2.05) is 0 Å². The summed E-state index contributed by atoms with van der Waals surface area (Å²) in [5.74, 6) is 0.813. The Bertz CT molecular complexity index is 310. The van der Waals surface area contributed by atoms with Gasteiger partial charge in [-0.1, -0.05) is 43.7 Å². The molecule has 102 valence electrons. The maximum atomic E-state index is 3.62. The number of hydrogen-bond acceptors (Lipinski definition) is 1. The first-order valence-electron chi connectivity index (χ1n) is 7.30. The molecule has 0 aromatic heterocycles. The van der Waals surface area contributed by atoms with Gasteiger partial charge in [0.2, 0.25) is 0 Å². The largest absolute Gasteiger partial charge is 0.312 e. The number of benzene rings is 1. The van der Waals surface area contributed by atoms with E-state index in [0.717, 1.165) is 12.5 Å². The third-order valence-electron chi connectivity index (χ3n) is 3.42. The zero-order chi connectivity index (χ0) is 13.4. The summed E-state index contributed by atoms with van der Waals surface area (Å²) in [6, 6.07) is 10.8. The summed E-state index contributed by atoms with van der Waals surface area (Å²) in [4.78, 5) is 0. The summed E-state index contributed by atoms with van der Waals surface area (Å²) in [5, 5.41) is 3.62. The number of nitrogens with one attached hydrogen (secondary N) is 1. The lowest BCUT2D eigenvalue weighted by atomic mass is 9.96. The minimum atomic E-state index is 0.243. The van der Waals surface area contributed by atoms with E-state index in [1.165, 1.54) is 31.2 Å². The van der Waals surface area contributed by atoms with E-state index in [0.29, 0.717) is 0 Å². The van der Waals surface area contributed by atoms with Crippen LogP contribution in [0.4, 0.5) is 0 Å². The number of rotatable bonds is 7. The van der Waals surface area contributed by atoms with Crippen molar-refractivity contribution in [1.29, 1.82) is 0 Å². The standard InChI is InChI=1S/C17H29N/c1-5-15(14-18-17(2,3)4)12-9-13-16-10-7-6-8-11-16/h6-8,10-11,15,18H,5,9,12-14H2,1-4H3. The van der Waals surface area contributed by atoms with Crippen LogP contribution in [0, 0.1) is 5.92 Å². The zero-order valence-electron chi connectivity index (χ0n) is 12.5. The highest BCUT2D eigenvalue weighted by molar-refractivity contribution is 5.14. The van der Waals surface area contributed by atoms with Crippen LogP contribution in [0.25, 0.3) is 0 Å². The number of aryl methyl sites for hydroxylation is 1. The molecule has 0 heterocycles. The van der Waals surface area contributed by atoms with Crippen LogP contribution in [-0.4, -0.2) is 12.1 Å². The third kappa shape index (κ3) is 6.80. The Balaban J connectivity index is 2.23. The van der Waals surface area contributed by atoms with Gasteiger partial charge in [0, 0.05) is 5.54 Å². The summed E-state index contributed by atoms with van der Waals surface area (Å²) in [5.41, 5.74) is 1.71. The predicted molar refractivity (Wildman–Crippen MR) is 80.9 cm³/mol. The first-order valence-corrected chi connectivity index (χ1v) is 7.30. The summed E-state index contributed by atoms with van der Waals surface area (Å²) < 4.78 is 0. The molecule has 1 aromatic carbocycles.